The molecule has 24 heavy (non-hydrogen) atoms. The van der Waals surface area contributed by atoms with Crippen LogP contribution in [0.2, 0.25) is 0 Å². The van der Waals surface area contributed by atoms with Crippen molar-refractivity contribution in [2.45, 2.75) is 31.1 Å². The highest BCUT2D eigenvalue weighted by molar-refractivity contribution is 8.00. The fraction of sp³-hybridized carbons (Fsp3) is 0.263. The molecule has 0 aliphatic carbocycles. The number of nitrogens with zero attached hydrogens (tertiary/aromatic N) is 1. The number of para-hydroxylation sites is 1. The van der Waals surface area contributed by atoms with Crippen molar-refractivity contribution in [2.75, 3.05) is 11.1 Å². The highest BCUT2D eigenvalue weighted by Crippen LogP contribution is 2.27. The first-order chi connectivity index (χ1) is 11.4. The van der Waals surface area contributed by atoms with E-state index in [2.05, 4.69) is 55.3 Å². The molecule has 1 N–H and O–H groups in total. The first-order valence-electron chi connectivity index (χ1n) is 7.80. The summed E-state index contributed by atoms with van der Waals surface area (Å²) in [6.45, 7) is 6.59. The lowest BCUT2D eigenvalue weighted by Gasteiger charge is -2.19. The normalized spacial score (nSPS) is 11.6. The summed E-state index contributed by atoms with van der Waals surface area (Å²) in [6, 6.07) is 16.3. The van der Waals surface area contributed by atoms with Gasteiger partial charge >= 0.3 is 0 Å². The molecule has 0 saturated heterocycles. The number of fused-ring (bicyclic) bond motifs is 1. The Labute approximate surface area is 150 Å². The quantitative estimate of drug-likeness (QED) is 0.643. The van der Waals surface area contributed by atoms with E-state index in [1.807, 2.05) is 24.3 Å². The molecule has 0 spiro atoms. The van der Waals surface area contributed by atoms with Crippen molar-refractivity contribution in [1.29, 1.82) is 0 Å². The summed E-state index contributed by atoms with van der Waals surface area (Å²) in [5.74, 6) is 0.351. The third kappa shape index (κ3) is 4.16. The molecule has 2 aromatic carbocycles. The van der Waals surface area contributed by atoms with Gasteiger partial charge in [0.05, 0.1) is 16.0 Å². The van der Waals surface area contributed by atoms with Crippen molar-refractivity contribution in [2.24, 2.45) is 0 Å². The van der Waals surface area contributed by atoms with Crippen molar-refractivity contribution in [1.82, 2.24) is 4.98 Å². The van der Waals surface area contributed by atoms with Crippen LogP contribution < -0.4 is 5.32 Å². The molecule has 1 amide bonds. The van der Waals surface area contributed by atoms with Gasteiger partial charge in [0.15, 0.2) is 5.13 Å². The van der Waals surface area contributed by atoms with Crippen LogP contribution in [0.15, 0.2) is 53.4 Å². The van der Waals surface area contributed by atoms with Crippen LogP contribution in [0.3, 0.4) is 0 Å². The Balaban J connectivity index is 1.57. The smallest absolute Gasteiger partial charge is 0.236 e. The molecule has 0 atom stereocenters. The van der Waals surface area contributed by atoms with Gasteiger partial charge in [0.25, 0.3) is 0 Å². The molecule has 124 valence electrons. The van der Waals surface area contributed by atoms with E-state index >= 15 is 0 Å². The number of thiazole rings is 1. The Hall–Kier alpha value is -1.85. The van der Waals surface area contributed by atoms with Gasteiger partial charge in [0, 0.05) is 4.90 Å². The van der Waals surface area contributed by atoms with Gasteiger partial charge in [-0.3, -0.25) is 4.79 Å². The van der Waals surface area contributed by atoms with Gasteiger partial charge < -0.3 is 5.32 Å². The number of carbonyl (C=O) groups excluding carboxylic acids is 1. The lowest BCUT2D eigenvalue weighted by atomic mass is 9.87. The fourth-order valence-electron chi connectivity index (χ4n) is 2.28. The topological polar surface area (TPSA) is 42.0 Å². The largest absolute Gasteiger partial charge is 0.301 e. The molecule has 0 unspecified atom stereocenters. The zero-order chi connectivity index (χ0) is 17.2. The van der Waals surface area contributed by atoms with E-state index in [0.717, 1.165) is 15.1 Å². The van der Waals surface area contributed by atoms with E-state index in [9.17, 15) is 4.79 Å². The second-order valence-corrected chi connectivity index (χ2v) is 8.68. The van der Waals surface area contributed by atoms with Gasteiger partial charge in [0.1, 0.15) is 0 Å². The Morgan fingerprint density at radius 3 is 2.50 bits per heavy atom. The average molecular weight is 357 g/mol. The number of thioether (sulfide) groups is 1. The molecule has 0 aliphatic heterocycles. The van der Waals surface area contributed by atoms with Gasteiger partial charge in [-0.2, -0.15) is 0 Å². The number of carbonyl (C=O) groups is 1. The van der Waals surface area contributed by atoms with Crippen LogP contribution in [0, 0.1) is 0 Å². The molecular weight excluding hydrogens is 336 g/mol. The minimum absolute atomic E-state index is 0.0287. The van der Waals surface area contributed by atoms with Crippen molar-refractivity contribution in [3.63, 3.8) is 0 Å². The Kier molecular flexibility index (Phi) is 4.92. The number of nitrogens with one attached hydrogen (secondary N) is 1. The third-order valence-corrected chi connectivity index (χ3v) is 5.59. The lowest BCUT2D eigenvalue weighted by molar-refractivity contribution is -0.113. The van der Waals surface area contributed by atoms with Gasteiger partial charge in [-0.1, -0.05) is 56.4 Å². The number of rotatable bonds is 4. The predicted molar refractivity (Wildman–Crippen MR) is 104 cm³/mol. The number of benzene rings is 2. The van der Waals surface area contributed by atoms with Gasteiger partial charge in [-0.25, -0.2) is 4.98 Å². The molecule has 0 aliphatic rings. The summed E-state index contributed by atoms with van der Waals surface area (Å²) in [6.07, 6.45) is 0. The number of aromatic nitrogens is 1. The third-order valence-electron chi connectivity index (χ3n) is 3.63. The fourth-order valence-corrected chi connectivity index (χ4v) is 3.86. The molecular formula is C19H20N2OS2. The molecule has 3 nitrogen and oxygen atoms in total. The zero-order valence-corrected chi connectivity index (χ0v) is 15.6. The molecule has 0 fully saturated rings. The highest BCUT2D eigenvalue weighted by Gasteiger charge is 2.13. The van der Waals surface area contributed by atoms with Crippen molar-refractivity contribution < 1.29 is 4.79 Å². The Morgan fingerprint density at radius 2 is 1.83 bits per heavy atom. The van der Waals surface area contributed by atoms with Gasteiger partial charge in [-0.05, 0) is 35.2 Å². The number of anilines is 1. The highest BCUT2D eigenvalue weighted by atomic mass is 32.2. The number of hydrogen-bond donors (Lipinski definition) is 1. The van der Waals surface area contributed by atoms with E-state index in [1.54, 1.807) is 0 Å². The molecule has 0 saturated carbocycles. The second-order valence-electron chi connectivity index (χ2n) is 6.60. The summed E-state index contributed by atoms with van der Waals surface area (Å²) in [7, 11) is 0. The maximum absolute atomic E-state index is 12.1. The predicted octanol–water partition coefficient (Wildman–Crippen LogP) is 5.32. The summed E-state index contributed by atoms with van der Waals surface area (Å²) in [4.78, 5) is 17.6. The number of amides is 1. The SMILES string of the molecule is CC(C)(C)c1ccc(SCC(=O)Nc2nc3ccccc3s2)cc1. The minimum Gasteiger partial charge on any atom is -0.301 e. The Bertz CT molecular complexity index is 815. The van der Waals surface area contributed by atoms with E-state index in [1.165, 1.54) is 28.7 Å². The second kappa shape index (κ2) is 6.95. The number of hydrogen-bond acceptors (Lipinski definition) is 4. The molecule has 1 aromatic heterocycles. The van der Waals surface area contributed by atoms with E-state index in [0.29, 0.717) is 10.9 Å². The maximum atomic E-state index is 12.1. The summed E-state index contributed by atoms with van der Waals surface area (Å²) < 4.78 is 1.08. The van der Waals surface area contributed by atoms with Crippen LogP contribution in [0.1, 0.15) is 26.3 Å². The minimum atomic E-state index is -0.0287. The van der Waals surface area contributed by atoms with Crippen LogP contribution in [-0.2, 0) is 10.2 Å². The van der Waals surface area contributed by atoms with Crippen LogP contribution >= 0.6 is 23.1 Å². The van der Waals surface area contributed by atoms with Crippen molar-refractivity contribution >= 4 is 44.4 Å². The van der Waals surface area contributed by atoms with E-state index in [4.69, 9.17) is 0 Å². The molecule has 5 heteroatoms. The standard InChI is InChI=1S/C19H20N2OS2/c1-19(2,3)13-8-10-14(11-9-13)23-12-17(22)21-18-20-15-6-4-5-7-16(15)24-18/h4-11H,12H2,1-3H3,(H,20,21,22). The van der Waals surface area contributed by atoms with E-state index in [-0.39, 0.29) is 11.3 Å². The molecule has 1 heterocycles. The van der Waals surface area contributed by atoms with Gasteiger partial charge in [-0.15, -0.1) is 11.8 Å². The van der Waals surface area contributed by atoms with Gasteiger partial charge in [0.2, 0.25) is 5.91 Å². The van der Waals surface area contributed by atoms with Crippen LogP contribution in [0.5, 0.6) is 0 Å². The molecule has 3 rings (SSSR count). The first kappa shape index (κ1) is 17.0. The summed E-state index contributed by atoms with van der Waals surface area (Å²) >= 11 is 3.04. The molecule has 0 radical (unpaired) electrons. The Morgan fingerprint density at radius 1 is 1.12 bits per heavy atom. The monoisotopic (exact) mass is 356 g/mol. The molecule has 0 bridgehead atoms. The zero-order valence-electron chi connectivity index (χ0n) is 14.0. The average Bonchev–Trinajstić information content (AvgIpc) is 2.94. The summed E-state index contributed by atoms with van der Waals surface area (Å²) in [5.41, 5.74) is 2.36. The first-order valence-corrected chi connectivity index (χ1v) is 9.61. The van der Waals surface area contributed by atoms with Crippen molar-refractivity contribution in [3.05, 3.63) is 54.1 Å². The van der Waals surface area contributed by atoms with Crippen LogP contribution in [-0.4, -0.2) is 16.6 Å². The van der Waals surface area contributed by atoms with Crippen LogP contribution in [0.25, 0.3) is 10.2 Å². The van der Waals surface area contributed by atoms with Crippen molar-refractivity contribution in [3.8, 4) is 0 Å². The van der Waals surface area contributed by atoms with Crippen LogP contribution in [0.4, 0.5) is 5.13 Å². The van der Waals surface area contributed by atoms with E-state index < -0.39 is 0 Å². The lowest BCUT2D eigenvalue weighted by Crippen LogP contribution is -2.13. The maximum Gasteiger partial charge on any atom is 0.236 e. The molecule has 3 aromatic rings. The summed E-state index contributed by atoms with van der Waals surface area (Å²) in [5, 5.41) is 3.54.